The predicted molar refractivity (Wildman–Crippen MR) is 102 cm³/mol. The number of anilines is 1. The summed E-state index contributed by atoms with van der Waals surface area (Å²) in [6.45, 7) is 8.09. The number of aromatic nitrogens is 3. The van der Waals surface area contributed by atoms with E-state index in [4.69, 9.17) is 4.74 Å². The van der Waals surface area contributed by atoms with E-state index in [1.165, 1.54) is 17.3 Å². The topological polar surface area (TPSA) is 72.3 Å². The van der Waals surface area contributed by atoms with Gasteiger partial charge in [0.05, 0.1) is 25.5 Å². The van der Waals surface area contributed by atoms with E-state index >= 15 is 0 Å². The number of hydrogen-bond donors (Lipinski definition) is 1. The van der Waals surface area contributed by atoms with E-state index in [9.17, 15) is 4.79 Å². The van der Waals surface area contributed by atoms with Crippen LogP contribution in [-0.4, -0.2) is 57.6 Å². The van der Waals surface area contributed by atoms with Crippen LogP contribution in [0, 0.1) is 6.92 Å². The molecule has 1 amide bonds. The molecule has 0 aliphatic carbocycles. The highest BCUT2D eigenvalue weighted by Crippen LogP contribution is 2.19. The number of aryl methyl sites for hydroxylation is 1. The van der Waals surface area contributed by atoms with Crippen molar-refractivity contribution < 1.29 is 9.53 Å². The predicted octanol–water partition coefficient (Wildman–Crippen LogP) is 2.17. The SMILES string of the molecule is CCn1c(CNc2ccc(C)cc2)nnc1SCC(=O)N1CCOCC1. The number of ether oxygens (including phenoxy) is 1. The minimum Gasteiger partial charge on any atom is -0.378 e. The van der Waals surface area contributed by atoms with Gasteiger partial charge >= 0.3 is 0 Å². The third-order valence-corrected chi connectivity index (χ3v) is 5.25. The molecule has 0 unspecified atom stereocenters. The highest BCUT2D eigenvalue weighted by atomic mass is 32.2. The monoisotopic (exact) mass is 375 g/mol. The molecule has 2 heterocycles. The molecule has 0 radical (unpaired) electrons. The van der Waals surface area contributed by atoms with Crippen molar-refractivity contribution in [2.75, 3.05) is 37.4 Å². The Morgan fingerprint density at radius 2 is 1.96 bits per heavy atom. The Morgan fingerprint density at radius 1 is 1.23 bits per heavy atom. The summed E-state index contributed by atoms with van der Waals surface area (Å²) in [6.07, 6.45) is 0. The molecule has 0 spiro atoms. The van der Waals surface area contributed by atoms with Crippen molar-refractivity contribution >= 4 is 23.4 Å². The first-order valence-electron chi connectivity index (χ1n) is 8.88. The van der Waals surface area contributed by atoms with Crippen LogP contribution in [0.4, 0.5) is 5.69 Å². The van der Waals surface area contributed by atoms with E-state index in [1.807, 2.05) is 4.90 Å². The largest absolute Gasteiger partial charge is 0.378 e. The van der Waals surface area contributed by atoms with E-state index in [0.717, 1.165) is 23.2 Å². The Labute approximate surface area is 158 Å². The molecule has 0 saturated carbocycles. The van der Waals surface area contributed by atoms with Gasteiger partial charge in [-0.05, 0) is 26.0 Å². The first-order chi connectivity index (χ1) is 12.7. The number of morpholine rings is 1. The normalized spacial score (nSPS) is 14.5. The highest BCUT2D eigenvalue weighted by molar-refractivity contribution is 7.99. The first kappa shape index (κ1) is 18.7. The summed E-state index contributed by atoms with van der Waals surface area (Å²) in [4.78, 5) is 14.1. The molecule has 1 aromatic heterocycles. The summed E-state index contributed by atoms with van der Waals surface area (Å²) in [5, 5.41) is 12.7. The number of nitrogens with zero attached hydrogens (tertiary/aromatic N) is 4. The maximum Gasteiger partial charge on any atom is 0.233 e. The lowest BCUT2D eigenvalue weighted by Crippen LogP contribution is -2.41. The zero-order valence-corrected chi connectivity index (χ0v) is 16.1. The van der Waals surface area contributed by atoms with E-state index in [0.29, 0.717) is 38.6 Å². The van der Waals surface area contributed by atoms with Crippen molar-refractivity contribution in [1.29, 1.82) is 0 Å². The van der Waals surface area contributed by atoms with Crippen LogP contribution in [0.15, 0.2) is 29.4 Å². The molecule has 3 rings (SSSR count). The fourth-order valence-electron chi connectivity index (χ4n) is 2.76. The lowest BCUT2D eigenvalue weighted by Gasteiger charge is -2.26. The third kappa shape index (κ3) is 4.76. The quantitative estimate of drug-likeness (QED) is 0.748. The Morgan fingerprint density at radius 3 is 2.65 bits per heavy atom. The average Bonchev–Trinajstić information content (AvgIpc) is 3.08. The molecule has 1 aromatic carbocycles. The molecule has 8 heteroatoms. The Kier molecular flexibility index (Phi) is 6.51. The first-order valence-corrected chi connectivity index (χ1v) is 9.87. The van der Waals surface area contributed by atoms with E-state index in [2.05, 4.69) is 58.2 Å². The summed E-state index contributed by atoms with van der Waals surface area (Å²) in [7, 11) is 0. The second-order valence-corrected chi connectivity index (χ2v) is 7.09. The third-order valence-electron chi connectivity index (χ3n) is 4.30. The van der Waals surface area contributed by atoms with Gasteiger partial charge in [0.1, 0.15) is 0 Å². The fourth-order valence-corrected chi connectivity index (χ4v) is 3.68. The minimum atomic E-state index is 0.128. The van der Waals surface area contributed by atoms with Gasteiger partial charge in [-0.3, -0.25) is 4.79 Å². The number of benzene rings is 1. The molecule has 1 saturated heterocycles. The Bertz CT molecular complexity index is 726. The van der Waals surface area contributed by atoms with Crippen molar-refractivity contribution in [3.8, 4) is 0 Å². The summed E-state index contributed by atoms with van der Waals surface area (Å²) in [5.74, 6) is 1.38. The smallest absolute Gasteiger partial charge is 0.233 e. The second-order valence-electron chi connectivity index (χ2n) is 6.14. The van der Waals surface area contributed by atoms with Crippen LogP contribution in [0.1, 0.15) is 18.3 Å². The zero-order chi connectivity index (χ0) is 18.4. The number of carbonyl (C=O) groups excluding carboxylic acids is 1. The standard InChI is InChI=1S/C18H25N5O2S/c1-3-23-16(12-19-15-6-4-14(2)5-7-15)20-21-18(23)26-13-17(24)22-8-10-25-11-9-22/h4-7,19H,3,8-13H2,1-2H3. The van der Waals surface area contributed by atoms with E-state index < -0.39 is 0 Å². The van der Waals surface area contributed by atoms with Crippen LogP contribution >= 0.6 is 11.8 Å². The summed E-state index contributed by atoms with van der Waals surface area (Å²) >= 11 is 1.45. The number of nitrogens with one attached hydrogen (secondary N) is 1. The van der Waals surface area contributed by atoms with Gasteiger partial charge < -0.3 is 19.5 Å². The van der Waals surface area contributed by atoms with E-state index in [-0.39, 0.29) is 5.91 Å². The molecule has 1 N–H and O–H groups in total. The van der Waals surface area contributed by atoms with Gasteiger partial charge in [0.15, 0.2) is 11.0 Å². The van der Waals surface area contributed by atoms with Crippen LogP contribution in [0.5, 0.6) is 0 Å². The van der Waals surface area contributed by atoms with Crippen molar-refractivity contribution in [2.24, 2.45) is 0 Å². The highest BCUT2D eigenvalue weighted by Gasteiger charge is 2.19. The van der Waals surface area contributed by atoms with Crippen LogP contribution < -0.4 is 5.32 Å². The summed E-state index contributed by atoms with van der Waals surface area (Å²) in [6, 6.07) is 8.26. The molecule has 1 aliphatic heterocycles. The van der Waals surface area contributed by atoms with E-state index in [1.54, 1.807) is 0 Å². The van der Waals surface area contributed by atoms with Gasteiger partial charge in [-0.25, -0.2) is 0 Å². The molecule has 7 nitrogen and oxygen atoms in total. The summed E-state index contributed by atoms with van der Waals surface area (Å²) < 4.78 is 7.34. The number of rotatable bonds is 7. The number of amides is 1. The van der Waals surface area contributed by atoms with Gasteiger partial charge in [0.2, 0.25) is 5.91 Å². The van der Waals surface area contributed by atoms with Crippen LogP contribution in [-0.2, 0) is 22.6 Å². The lowest BCUT2D eigenvalue weighted by atomic mass is 10.2. The molecule has 0 bridgehead atoms. The Balaban J connectivity index is 1.56. The maximum atomic E-state index is 12.3. The van der Waals surface area contributed by atoms with Gasteiger partial charge in [-0.2, -0.15) is 0 Å². The number of carbonyl (C=O) groups is 1. The molecule has 26 heavy (non-hydrogen) atoms. The molecular weight excluding hydrogens is 350 g/mol. The molecule has 140 valence electrons. The van der Waals surface area contributed by atoms with Crippen molar-refractivity contribution in [1.82, 2.24) is 19.7 Å². The minimum absolute atomic E-state index is 0.128. The van der Waals surface area contributed by atoms with Gasteiger partial charge in [-0.1, -0.05) is 29.5 Å². The average molecular weight is 375 g/mol. The van der Waals surface area contributed by atoms with Crippen LogP contribution in [0.3, 0.4) is 0 Å². The van der Waals surface area contributed by atoms with Crippen molar-refractivity contribution in [3.05, 3.63) is 35.7 Å². The number of hydrogen-bond acceptors (Lipinski definition) is 6. The second kappa shape index (κ2) is 9.05. The molecule has 1 aliphatic rings. The van der Waals surface area contributed by atoms with Gasteiger partial charge in [-0.15, -0.1) is 10.2 Å². The van der Waals surface area contributed by atoms with Crippen molar-refractivity contribution in [3.63, 3.8) is 0 Å². The zero-order valence-electron chi connectivity index (χ0n) is 15.3. The van der Waals surface area contributed by atoms with Crippen molar-refractivity contribution in [2.45, 2.75) is 32.1 Å². The fraction of sp³-hybridized carbons (Fsp3) is 0.500. The molecular formula is C18H25N5O2S. The summed E-state index contributed by atoms with van der Waals surface area (Å²) in [5.41, 5.74) is 2.29. The molecule has 0 atom stereocenters. The van der Waals surface area contributed by atoms with Gasteiger partial charge in [0.25, 0.3) is 0 Å². The molecule has 1 fully saturated rings. The van der Waals surface area contributed by atoms with Gasteiger partial charge in [0, 0.05) is 25.3 Å². The number of thioether (sulfide) groups is 1. The van der Waals surface area contributed by atoms with Crippen LogP contribution in [0.25, 0.3) is 0 Å². The maximum absolute atomic E-state index is 12.3. The lowest BCUT2D eigenvalue weighted by molar-refractivity contribution is -0.132. The molecule has 2 aromatic rings. The Hall–Kier alpha value is -2.06. The van der Waals surface area contributed by atoms with Crippen LogP contribution in [0.2, 0.25) is 0 Å².